The molecule has 0 fully saturated rings. The first-order valence-corrected chi connectivity index (χ1v) is 9.07. The van der Waals surface area contributed by atoms with Gasteiger partial charge in [0.15, 0.2) is 0 Å². The predicted octanol–water partition coefficient (Wildman–Crippen LogP) is 2.56. The summed E-state index contributed by atoms with van der Waals surface area (Å²) in [6.07, 6.45) is 7.69. The van der Waals surface area contributed by atoms with Crippen molar-refractivity contribution in [2.24, 2.45) is 0 Å². The van der Waals surface area contributed by atoms with E-state index in [9.17, 15) is 8.42 Å². The van der Waals surface area contributed by atoms with Crippen LogP contribution in [-0.2, 0) is 16.6 Å². The molecule has 0 radical (unpaired) electrons. The first-order chi connectivity index (χ1) is 10.1. The standard InChI is InChI=1S/C15H24N2O3S/c1-2-16-12-14-8-9-15(20-14)21(18,19)17-11-10-13-6-4-3-5-7-13/h6,8-9,16-17H,2-5,7,10-12H2,1H3. The van der Waals surface area contributed by atoms with E-state index in [2.05, 4.69) is 16.1 Å². The summed E-state index contributed by atoms with van der Waals surface area (Å²) in [4.78, 5) is 0. The van der Waals surface area contributed by atoms with Crippen LogP contribution in [0.3, 0.4) is 0 Å². The molecule has 0 bridgehead atoms. The average molecular weight is 312 g/mol. The summed E-state index contributed by atoms with van der Waals surface area (Å²) < 4.78 is 32.2. The molecule has 0 saturated carbocycles. The van der Waals surface area contributed by atoms with Gasteiger partial charge in [-0.3, -0.25) is 0 Å². The van der Waals surface area contributed by atoms with Gasteiger partial charge in [-0.2, -0.15) is 0 Å². The maximum atomic E-state index is 12.1. The summed E-state index contributed by atoms with van der Waals surface area (Å²) in [5.74, 6) is 0.632. The van der Waals surface area contributed by atoms with Crippen molar-refractivity contribution < 1.29 is 12.8 Å². The Labute approximate surface area is 126 Å². The molecule has 1 aromatic heterocycles. The van der Waals surface area contributed by atoms with Crippen molar-refractivity contribution in [1.82, 2.24) is 10.0 Å². The molecular formula is C15H24N2O3S. The summed E-state index contributed by atoms with van der Waals surface area (Å²) in [6.45, 7) is 3.77. The van der Waals surface area contributed by atoms with E-state index in [1.54, 1.807) is 6.07 Å². The molecular weight excluding hydrogens is 288 g/mol. The van der Waals surface area contributed by atoms with E-state index in [0.717, 1.165) is 25.8 Å². The van der Waals surface area contributed by atoms with Crippen molar-refractivity contribution in [3.63, 3.8) is 0 Å². The molecule has 1 heterocycles. The SMILES string of the molecule is CCNCc1ccc(S(=O)(=O)NCCC2=CCCCC2)o1. The highest BCUT2D eigenvalue weighted by Gasteiger charge is 2.18. The molecule has 0 unspecified atom stereocenters. The van der Waals surface area contributed by atoms with Crippen molar-refractivity contribution in [2.45, 2.75) is 50.7 Å². The van der Waals surface area contributed by atoms with Gasteiger partial charge in [-0.05, 0) is 50.8 Å². The Morgan fingerprint density at radius 3 is 2.86 bits per heavy atom. The smallest absolute Gasteiger partial charge is 0.273 e. The molecule has 0 aliphatic heterocycles. The first-order valence-electron chi connectivity index (χ1n) is 7.59. The number of hydrogen-bond acceptors (Lipinski definition) is 4. The fourth-order valence-electron chi connectivity index (χ4n) is 2.39. The number of nitrogens with one attached hydrogen (secondary N) is 2. The van der Waals surface area contributed by atoms with Gasteiger partial charge < -0.3 is 9.73 Å². The molecule has 1 aliphatic carbocycles. The second kappa shape index (κ2) is 7.77. The van der Waals surface area contributed by atoms with E-state index >= 15 is 0 Å². The summed E-state index contributed by atoms with van der Waals surface area (Å²) in [5, 5.41) is 3.09. The molecule has 0 amide bonds. The molecule has 1 aliphatic rings. The van der Waals surface area contributed by atoms with Gasteiger partial charge >= 0.3 is 0 Å². The third-order valence-electron chi connectivity index (χ3n) is 3.57. The van der Waals surface area contributed by atoms with Gasteiger partial charge in [0.2, 0.25) is 5.09 Å². The van der Waals surface area contributed by atoms with Crippen LogP contribution in [0.1, 0.15) is 44.8 Å². The quantitative estimate of drug-likeness (QED) is 0.724. The van der Waals surface area contributed by atoms with E-state index in [1.165, 1.54) is 24.5 Å². The van der Waals surface area contributed by atoms with E-state index in [4.69, 9.17) is 4.42 Å². The van der Waals surface area contributed by atoms with E-state index in [1.807, 2.05) is 6.92 Å². The van der Waals surface area contributed by atoms with Gasteiger partial charge in [0.05, 0.1) is 6.54 Å². The molecule has 5 nitrogen and oxygen atoms in total. The maximum absolute atomic E-state index is 12.1. The Morgan fingerprint density at radius 1 is 1.29 bits per heavy atom. The normalized spacial score (nSPS) is 16.0. The largest absolute Gasteiger partial charge is 0.447 e. The van der Waals surface area contributed by atoms with Gasteiger partial charge in [0.1, 0.15) is 5.76 Å². The Morgan fingerprint density at radius 2 is 2.14 bits per heavy atom. The number of sulfonamides is 1. The second-order valence-corrected chi connectivity index (χ2v) is 6.95. The molecule has 0 spiro atoms. The Hall–Kier alpha value is -1.11. The predicted molar refractivity (Wildman–Crippen MR) is 82.4 cm³/mol. The van der Waals surface area contributed by atoms with E-state index in [-0.39, 0.29) is 5.09 Å². The summed E-state index contributed by atoms with van der Waals surface area (Å²) in [7, 11) is -3.54. The second-order valence-electron chi connectivity index (χ2n) is 5.26. The summed E-state index contributed by atoms with van der Waals surface area (Å²) in [6, 6.07) is 3.20. The third kappa shape index (κ3) is 4.98. The molecule has 0 saturated heterocycles. The van der Waals surface area contributed by atoms with Crippen molar-refractivity contribution in [1.29, 1.82) is 0 Å². The van der Waals surface area contributed by atoms with Crippen molar-refractivity contribution in [2.75, 3.05) is 13.1 Å². The highest BCUT2D eigenvalue weighted by atomic mass is 32.2. The van der Waals surface area contributed by atoms with Gasteiger partial charge in [-0.15, -0.1) is 0 Å². The van der Waals surface area contributed by atoms with Crippen molar-refractivity contribution in [3.8, 4) is 0 Å². The summed E-state index contributed by atoms with van der Waals surface area (Å²) >= 11 is 0. The molecule has 0 atom stereocenters. The molecule has 6 heteroatoms. The van der Waals surface area contributed by atoms with Gasteiger partial charge in [0.25, 0.3) is 10.0 Å². The minimum Gasteiger partial charge on any atom is -0.447 e. The lowest BCUT2D eigenvalue weighted by atomic mass is 9.97. The van der Waals surface area contributed by atoms with Crippen LogP contribution in [-0.4, -0.2) is 21.5 Å². The zero-order chi connectivity index (χ0) is 15.1. The Kier molecular flexibility index (Phi) is 6.02. The van der Waals surface area contributed by atoms with Crippen LogP contribution in [0.4, 0.5) is 0 Å². The van der Waals surface area contributed by atoms with Gasteiger partial charge in [-0.1, -0.05) is 18.6 Å². The third-order valence-corrected chi connectivity index (χ3v) is 4.91. The topological polar surface area (TPSA) is 71.3 Å². The number of furan rings is 1. The van der Waals surface area contributed by atoms with Crippen LogP contribution in [0.5, 0.6) is 0 Å². The highest BCUT2D eigenvalue weighted by molar-refractivity contribution is 7.89. The number of rotatable bonds is 8. The average Bonchev–Trinajstić information content (AvgIpc) is 2.96. The molecule has 118 valence electrons. The first kappa shape index (κ1) is 16.3. The zero-order valence-electron chi connectivity index (χ0n) is 12.5. The van der Waals surface area contributed by atoms with Crippen molar-refractivity contribution in [3.05, 3.63) is 29.5 Å². The Balaban J connectivity index is 1.86. The highest BCUT2D eigenvalue weighted by Crippen LogP contribution is 2.20. The van der Waals surface area contributed by atoms with Crippen LogP contribution in [0, 0.1) is 0 Å². The minimum absolute atomic E-state index is 0.00646. The lowest BCUT2D eigenvalue weighted by Crippen LogP contribution is -2.24. The minimum atomic E-state index is -3.54. The van der Waals surface area contributed by atoms with Gasteiger partial charge in [0, 0.05) is 6.54 Å². The fraction of sp³-hybridized carbons (Fsp3) is 0.600. The monoisotopic (exact) mass is 312 g/mol. The number of hydrogen-bond donors (Lipinski definition) is 2. The van der Waals surface area contributed by atoms with Crippen LogP contribution in [0.15, 0.2) is 33.3 Å². The Bertz CT molecular complexity index is 575. The lowest BCUT2D eigenvalue weighted by Gasteiger charge is -2.12. The lowest BCUT2D eigenvalue weighted by molar-refractivity contribution is 0.401. The molecule has 2 N–H and O–H groups in total. The zero-order valence-corrected chi connectivity index (χ0v) is 13.3. The number of allylic oxidation sites excluding steroid dienone is 1. The van der Waals surface area contributed by atoms with Crippen LogP contribution < -0.4 is 10.0 Å². The van der Waals surface area contributed by atoms with Crippen LogP contribution >= 0.6 is 0 Å². The van der Waals surface area contributed by atoms with Crippen molar-refractivity contribution >= 4 is 10.0 Å². The summed E-state index contributed by atoms with van der Waals surface area (Å²) in [5.41, 5.74) is 1.36. The molecule has 2 rings (SSSR count). The molecule has 21 heavy (non-hydrogen) atoms. The fourth-order valence-corrected chi connectivity index (χ4v) is 3.37. The van der Waals surface area contributed by atoms with E-state index < -0.39 is 10.0 Å². The van der Waals surface area contributed by atoms with Gasteiger partial charge in [-0.25, -0.2) is 13.1 Å². The molecule has 0 aromatic carbocycles. The van der Waals surface area contributed by atoms with E-state index in [0.29, 0.717) is 18.8 Å². The van der Waals surface area contributed by atoms with Crippen LogP contribution in [0.25, 0.3) is 0 Å². The maximum Gasteiger partial charge on any atom is 0.273 e. The van der Waals surface area contributed by atoms with Crippen LogP contribution in [0.2, 0.25) is 0 Å². The molecule has 1 aromatic rings.